The van der Waals surface area contributed by atoms with E-state index in [4.69, 9.17) is 9.84 Å². The Bertz CT molecular complexity index is 158. The molecule has 0 aromatic carbocycles. The summed E-state index contributed by atoms with van der Waals surface area (Å²) < 4.78 is 4.99. The molecule has 0 rings (SSSR count). The second-order valence-electron chi connectivity index (χ2n) is 4.71. The predicted octanol–water partition coefficient (Wildman–Crippen LogP) is 2.13. The lowest BCUT2D eigenvalue weighted by atomic mass is 9.91. The number of carbonyl (C=O) groups is 1. The summed E-state index contributed by atoms with van der Waals surface area (Å²) in [6.07, 6.45) is 2.79. The standard InChI is InChI=1S/C11H22O3/c1-11(2,3)7-5-9-14-10(13)6-4-8-12/h12H,4-9H2,1-3H3. The van der Waals surface area contributed by atoms with Crippen molar-refractivity contribution in [1.29, 1.82) is 0 Å². The number of ether oxygens (including phenoxy) is 1. The Labute approximate surface area is 86.5 Å². The average molecular weight is 202 g/mol. The number of aliphatic hydroxyl groups excluding tert-OH is 1. The van der Waals surface area contributed by atoms with Crippen molar-refractivity contribution in [2.45, 2.75) is 46.5 Å². The minimum absolute atomic E-state index is 0.0527. The lowest BCUT2D eigenvalue weighted by Gasteiger charge is -2.17. The Morgan fingerprint density at radius 2 is 1.93 bits per heavy atom. The minimum atomic E-state index is -0.201. The van der Waals surface area contributed by atoms with Gasteiger partial charge in [0.05, 0.1) is 6.61 Å². The molecule has 0 amide bonds. The average Bonchev–Trinajstić information content (AvgIpc) is 2.07. The normalized spacial score (nSPS) is 11.4. The molecule has 0 aliphatic rings. The molecule has 0 heterocycles. The van der Waals surface area contributed by atoms with Crippen LogP contribution >= 0.6 is 0 Å². The number of hydrogen-bond donors (Lipinski definition) is 1. The molecule has 84 valence electrons. The second kappa shape index (κ2) is 6.82. The molecule has 0 fully saturated rings. The first-order valence-electron chi connectivity index (χ1n) is 5.22. The third kappa shape index (κ3) is 9.52. The molecular formula is C11H22O3. The van der Waals surface area contributed by atoms with Crippen molar-refractivity contribution in [3.63, 3.8) is 0 Å². The minimum Gasteiger partial charge on any atom is -0.466 e. The van der Waals surface area contributed by atoms with E-state index in [2.05, 4.69) is 20.8 Å². The van der Waals surface area contributed by atoms with Crippen LogP contribution in [-0.2, 0) is 9.53 Å². The largest absolute Gasteiger partial charge is 0.466 e. The first kappa shape index (κ1) is 13.4. The molecule has 14 heavy (non-hydrogen) atoms. The van der Waals surface area contributed by atoms with Crippen LogP contribution in [0.4, 0.5) is 0 Å². The van der Waals surface area contributed by atoms with Gasteiger partial charge >= 0.3 is 5.97 Å². The quantitative estimate of drug-likeness (QED) is 0.530. The van der Waals surface area contributed by atoms with Gasteiger partial charge in [-0.05, 0) is 24.7 Å². The molecule has 0 saturated carbocycles. The van der Waals surface area contributed by atoms with Crippen LogP contribution < -0.4 is 0 Å². The molecule has 0 aromatic heterocycles. The third-order valence-electron chi connectivity index (χ3n) is 1.87. The maximum absolute atomic E-state index is 11.0. The summed E-state index contributed by atoms with van der Waals surface area (Å²) in [4.78, 5) is 11.0. The number of esters is 1. The van der Waals surface area contributed by atoms with Gasteiger partial charge in [-0.3, -0.25) is 4.79 Å². The predicted molar refractivity (Wildman–Crippen MR) is 56.0 cm³/mol. The Balaban J connectivity index is 3.32. The molecule has 0 aliphatic heterocycles. The van der Waals surface area contributed by atoms with Gasteiger partial charge < -0.3 is 9.84 Å². The highest BCUT2D eigenvalue weighted by molar-refractivity contribution is 5.69. The van der Waals surface area contributed by atoms with Gasteiger partial charge in [0.1, 0.15) is 0 Å². The van der Waals surface area contributed by atoms with Gasteiger partial charge in [-0.25, -0.2) is 0 Å². The molecule has 0 atom stereocenters. The van der Waals surface area contributed by atoms with E-state index < -0.39 is 0 Å². The van der Waals surface area contributed by atoms with E-state index in [9.17, 15) is 4.79 Å². The lowest BCUT2D eigenvalue weighted by molar-refractivity contribution is -0.144. The molecule has 3 heteroatoms. The Morgan fingerprint density at radius 3 is 2.43 bits per heavy atom. The zero-order chi connectivity index (χ0) is 11.0. The van der Waals surface area contributed by atoms with Crippen LogP contribution in [0.3, 0.4) is 0 Å². The van der Waals surface area contributed by atoms with Crippen molar-refractivity contribution in [2.75, 3.05) is 13.2 Å². The van der Waals surface area contributed by atoms with Crippen LogP contribution in [0.25, 0.3) is 0 Å². The Morgan fingerprint density at radius 1 is 1.29 bits per heavy atom. The van der Waals surface area contributed by atoms with Gasteiger partial charge in [0, 0.05) is 13.0 Å². The first-order valence-corrected chi connectivity index (χ1v) is 5.22. The third-order valence-corrected chi connectivity index (χ3v) is 1.87. The second-order valence-corrected chi connectivity index (χ2v) is 4.71. The topological polar surface area (TPSA) is 46.5 Å². The van der Waals surface area contributed by atoms with Gasteiger partial charge in [-0.15, -0.1) is 0 Å². The molecule has 1 N–H and O–H groups in total. The molecule has 0 aromatic rings. The van der Waals surface area contributed by atoms with E-state index in [0.717, 1.165) is 12.8 Å². The number of hydrogen-bond acceptors (Lipinski definition) is 3. The fourth-order valence-corrected chi connectivity index (χ4v) is 1.08. The van der Waals surface area contributed by atoms with Crippen molar-refractivity contribution in [3.8, 4) is 0 Å². The smallest absolute Gasteiger partial charge is 0.305 e. The molecular weight excluding hydrogens is 180 g/mol. The van der Waals surface area contributed by atoms with E-state index >= 15 is 0 Å². The van der Waals surface area contributed by atoms with E-state index in [-0.39, 0.29) is 12.6 Å². The van der Waals surface area contributed by atoms with Crippen molar-refractivity contribution in [3.05, 3.63) is 0 Å². The summed E-state index contributed by atoms with van der Waals surface area (Å²) in [6, 6.07) is 0. The summed E-state index contributed by atoms with van der Waals surface area (Å²) in [5.74, 6) is -0.201. The van der Waals surface area contributed by atoms with E-state index in [0.29, 0.717) is 24.9 Å². The lowest BCUT2D eigenvalue weighted by Crippen LogP contribution is -2.10. The van der Waals surface area contributed by atoms with Crippen molar-refractivity contribution < 1.29 is 14.6 Å². The fraction of sp³-hybridized carbons (Fsp3) is 0.909. The van der Waals surface area contributed by atoms with Gasteiger partial charge in [0.25, 0.3) is 0 Å². The fourth-order valence-electron chi connectivity index (χ4n) is 1.08. The zero-order valence-corrected chi connectivity index (χ0v) is 9.51. The van der Waals surface area contributed by atoms with Crippen LogP contribution in [0, 0.1) is 5.41 Å². The van der Waals surface area contributed by atoms with E-state index in [1.54, 1.807) is 0 Å². The highest BCUT2D eigenvalue weighted by Crippen LogP contribution is 2.20. The van der Waals surface area contributed by atoms with Gasteiger partial charge in [-0.1, -0.05) is 20.8 Å². The Hall–Kier alpha value is -0.570. The van der Waals surface area contributed by atoms with E-state index in [1.807, 2.05) is 0 Å². The molecule has 0 saturated heterocycles. The molecule has 0 bridgehead atoms. The van der Waals surface area contributed by atoms with Gasteiger partial charge in [0.2, 0.25) is 0 Å². The number of rotatable bonds is 6. The van der Waals surface area contributed by atoms with Crippen molar-refractivity contribution >= 4 is 5.97 Å². The van der Waals surface area contributed by atoms with Crippen LogP contribution in [0.2, 0.25) is 0 Å². The summed E-state index contributed by atoms with van der Waals surface area (Å²) in [7, 11) is 0. The number of carbonyl (C=O) groups excluding carboxylic acids is 1. The highest BCUT2D eigenvalue weighted by Gasteiger charge is 2.09. The zero-order valence-electron chi connectivity index (χ0n) is 9.51. The maximum Gasteiger partial charge on any atom is 0.305 e. The van der Waals surface area contributed by atoms with Gasteiger partial charge in [-0.2, -0.15) is 0 Å². The van der Waals surface area contributed by atoms with Crippen LogP contribution in [0.15, 0.2) is 0 Å². The molecule has 0 spiro atoms. The van der Waals surface area contributed by atoms with Crippen LogP contribution in [-0.4, -0.2) is 24.3 Å². The maximum atomic E-state index is 11.0. The van der Waals surface area contributed by atoms with Crippen LogP contribution in [0.1, 0.15) is 46.5 Å². The molecule has 0 aliphatic carbocycles. The highest BCUT2D eigenvalue weighted by atomic mass is 16.5. The first-order chi connectivity index (χ1) is 6.45. The summed E-state index contributed by atoms with van der Waals surface area (Å²) in [5, 5.41) is 8.49. The SMILES string of the molecule is CC(C)(C)CCCOC(=O)CCCO. The number of aliphatic hydroxyl groups is 1. The molecule has 0 unspecified atom stereocenters. The summed E-state index contributed by atoms with van der Waals surface area (Å²) >= 11 is 0. The van der Waals surface area contributed by atoms with Crippen molar-refractivity contribution in [1.82, 2.24) is 0 Å². The van der Waals surface area contributed by atoms with Crippen LogP contribution in [0.5, 0.6) is 0 Å². The summed E-state index contributed by atoms with van der Waals surface area (Å²) in [6.45, 7) is 7.06. The molecule has 3 nitrogen and oxygen atoms in total. The van der Waals surface area contributed by atoms with Crippen molar-refractivity contribution in [2.24, 2.45) is 5.41 Å². The monoisotopic (exact) mass is 202 g/mol. The van der Waals surface area contributed by atoms with Gasteiger partial charge in [0.15, 0.2) is 0 Å². The molecule has 0 radical (unpaired) electrons. The summed E-state index contributed by atoms with van der Waals surface area (Å²) in [5.41, 5.74) is 0.303. The van der Waals surface area contributed by atoms with E-state index in [1.165, 1.54) is 0 Å². The Kier molecular flexibility index (Phi) is 6.54.